The van der Waals surface area contributed by atoms with Crippen molar-refractivity contribution >= 4 is 44.8 Å². The van der Waals surface area contributed by atoms with E-state index in [2.05, 4.69) is 10.9 Å². The summed E-state index contributed by atoms with van der Waals surface area (Å²) in [7, 11) is 0. The summed E-state index contributed by atoms with van der Waals surface area (Å²) in [6, 6.07) is 7.48. The molecule has 0 spiro atoms. The van der Waals surface area contributed by atoms with E-state index in [1.807, 2.05) is 24.3 Å². The molecule has 6 heteroatoms. The first-order valence-corrected chi connectivity index (χ1v) is 6.03. The molecule has 88 valence electrons. The number of halogens is 1. The molecule has 0 unspecified atom stereocenters. The molecule has 0 fully saturated rings. The van der Waals surface area contributed by atoms with Gasteiger partial charge in [-0.1, -0.05) is 29.8 Å². The zero-order chi connectivity index (χ0) is 12.4. The van der Waals surface area contributed by atoms with Gasteiger partial charge in [-0.3, -0.25) is 20.4 Å². The number of thiophene rings is 1. The predicted octanol–water partition coefficient (Wildman–Crippen LogP) is 2.34. The van der Waals surface area contributed by atoms with Crippen LogP contribution in [0.2, 0.25) is 5.02 Å². The summed E-state index contributed by atoms with van der Waals surface area (Å²) in [5.74, 6) is -0.748. The van der Waals surface area contributed by atoms with Crippen LogP contribution in [0.5, 0.6) is 0 Å². The van der Waals surface area contributed by atoms with E-state index in [0.29, 0.717) is 9.90 Å². The maximum Gasteiger partial charge on any atom is 0.281 e. The van der Waals surface area contributed by atoms with Gasteiger partial charge in [0.05, 0.1) is 5.02 Å². The Morgan fingerprint density at radius 2 is 1.94 bits per heavy atom. The molecule has 2 N–H and O–H groups in total. The second kappa shape index (κ2) is 4.73. The van der Waals surface area contributed by atoms with Gasteiger partial charge in [0.15, 0.2) is 0 Å². The van der Waals surface area contributed by atoms with Gasteiger partial charge in [0.25, 0.3) is 5.91 Å². The van der Waals surface area contributed by atoms with E-state index in [1.165, 1.54) is 18.3 Å². The number of nitrogens with one attached hydrogen (secondary N) is 2. The molecular weight excluding hydrogens is 260 g/mol. The molecule has 0 saturated carbocycles. The lowest BCUT2D eigenvalue weighted by molar-refractivity contribution is -0.119. The summed E-state index contributed by atoms with van der Waals surface area (Å²) in [5, 5.41) is 1.25. The summed E-state index contributed by atoms with van der Waals surface area (Å²) in [6.07, 6.45) is 0. The average molecular weight is 269 g/mol. The number of carbonyl (C=O) groups is 2. The van der Waals surface area contributed by atoms with Crippen LogP contribution in [0.3, 0.4) is 0 Å². The Kier molecular flexibility index (Phi) is 3.31. The third kappa shape index (κ3) is 2.40. The molecule has 0 aliphatic carbocycles. The maximum absolute atomic E-state index is 11.7. The highest BCUT2D eigenvalue weighted by atomic mass is 35.5. The number of amides is 2. The molecule has 0 saturated heterocycles. The third-order valence-corrected chi connectivity index (χ3v) is 3.77. The highest BCUT2D eigenvalue weighted by Crippen LogP contribution is 2.34. The number of carbonyl (C=O) groups excluding carboxylic acids is 2. The first kappa shape index (κ1) is 11.9. The average Bonchev–Trinajstić information content (AvgIpc) is 2.64. The zero-order valence-electron chi connectivity index (χ0n) is 8.91. The Hall–Kier alpha value is -1.59. The smallest absolute Gasteiger partial charge is 0.274 e. The van der Waals surface area contributed by atoms with Gasteiger partial charge in [0, 0.05) is 17.0 Å². The Morgan fingerprint density at radius 3 is 2.59 bits per heavy atom. The van der Waals surface area contributed by atoms with Gasteiger partial charge in [0.2, 0.25) is 5.91 Å². The van der Waals surface area contributed by atoms with E-state index in [1.54, 1.807) is 0 Å². The first-order chi connectivity index (χ1) is 8.09. The normalized spacial score (nSPS) is 10.2. The molecule has 1 aromatic carbocycles. The number of fused-ring (bicyclic) bond motifs is 1. The molecular formula is C11H9ClN2O2S. The topological polar surface area (TPSA) is 58.2 Å². The summed E-state index contributed by atoms with van der Waals surface area (Å²) < 4.78 is 0.936. The highest BCUT2D eigenvalue weighted by Gasteiger charge is 2.16. The standard InChI is InChI=1S/C11H9ClN2O2S/c1-6(15)13-14-11(16)10-9(12)7-4-2-3-5-8(7)17-10/h2-5H,1H3,(H,13,15)(H,14,16). The second-order valence-corrected chi connectivity index (χ2v) is 4.81. The van der Waals surface area contributed by atoms with Crippen molar-refractivity contribution < 1.29 is 9.59 Å². The van der Waals surface area contributed by atoms with Crippen molar-refractivity contribution in [1.29, 1.82) is 0 Å². The van der Waals surface area contributed by atoms with Crippen molar-refractivity contribution in [3.63, 3.8) is 0 Å². The van der Waals surface area contributed by atoms with Crippen molar-refractivity contribution in [2.45, 2.75) is 6.92 Å². The lowest BCUT2D eigenvalue weighted by Crippen LogP contribution is -2.40. The van der Waals surface area contributed by atoms with Gasteiger partial charge >= 0.3 is 0 Å². The van der Waals surface area contributed by atoms with Gasteiger partial charge in [-0.2, -0.15) is 0 Å². The lowest BCUT2D eigenvalue weighted by atomic mass is 10.2. The fourth-order valence-corrected chi connectivity index (χ4v) is 2.77. The first-order valence-electron chi connectivity index (χ1n) is 4.83. The molecule has 2 aromatic rings. The van der Waals surface area contributed by atoms with E-state index in [4.69, 9.17) is 11.6 Å². The minimum Gasteiger partial charge on any atom is -0.274 e. The minimum atomic E-state index is -0.411. The quantitative estimate of drug-likeness (QED) is 0.780. The van der Waals surface area contributed by atoms with Crippen molar-refractivity contribution in [2.24, 2.45) is 0 Å². The van der Waals surface area contributed by atoms with E-state index in [-0.39, 0.29) is 5.91 Å². The number of hydrazine groups is 1. The largest absolute Gasteiger partial charge is 0.281 e. The number of hydrogen-bond acceptors (Lipinski definition) is 3. The van der Waals surface area contributed by atoms with Crippen LogP contribution in [0.25, 0.3) is 10.1 Å². The SMILES string of the molecule is CC(=O)NNC(=O)c1sc2ccccc2c1Cl. The second-order valence-electron chi connectivity index (χ2n) is 3.38. The molecule has 0 radical (unpaired) electrons. The van der Waals surface area contributed by atoms with Gasteiger partial charge < -0.3 is 0 Å². The highest BCUT2D eigenvalue weighted by molar-refractivity contribution is 7.21. The summed E-state index contributed by atoms with van der Waals surface area (Å²) in [4.78, 5) is 22.8. The van der Waals surface area contributed by atoms with Crippen molar-refractivity contribution in [1.82, 2.24) is 10.9 Å². The van der Waals surface area contributed by atoms with Gasteiger partial charge in [-0.05, 0) is 6.07 Å². The lowest BCUT2D eigenvalue weighted by Gasteiger charge is -2.02. The molecule has 1 aromatic heterocycles. The van der Waals surface area contributed by atoms with Crippen LogP contribution in [-0.4, -0.2) is 11.8 Å². The van der Waals surface area contributed by atoms with Crippen LogP contribution in [0, 0.1) is 0 Å². The number of benzene rings is 1. The van der Waals surface area contributed by atoms with Crippen LogP contribution in [0.4, 0.5) is 0 Å². The van der Waals surface area contributed by atoms with E-state index >= 15 is 0 Å². The van der Waals surface area contributed by atoms with Crippen LogP contribution < -0.4 is 10.9 Å². The Balaban J connectivity index is 2.32. The van der Waals surface area contributed by atoms with Gasteiger partial charge in [0.1, 0.15) is 4.88 Å². The van der Waals surface area contributed by atoms with Crippen molar-refractivity contribution in [2.75, 3.05) is 0 Å². The Morgan fingerprint density at radius 1 is 1.24 bits per heavy atom. The molecule has 1 heterocycles. The molecule has 17 heavy (non-hydrogen) atoms. The fraction of sp³-hybridized carbons (Fsp3) is 0.0909. The summed E-state index contributed by atoms with van der Waals surface area (Å²) in [5.41, 5.74) is 4.51. The van der Waals surface area contributed by atoms with E-state index < -0.39 is 5.91 Å². The zero-order valence-corrected chi connectivity index (χ0v) is 10.5. The summed E-state index contributed by atoms with van der Waals surface area (Å²) in [6.45, 7) is 1.31. The molecule has 2 rings (SSSR count). The Bertz CT molecular complexity index is 594. The predicted molar refractivity (Wildman–Crippen MR) is 68.1 cm³/mol. The van der Waals surface area contributed by atoms with Crippen molar-refractivity contribution in [3.05, 3.63) is 34.2 Å². The van der Waals surface area contributed by atoms with Gasteiger partial charge in [-0.25, -0.2) is 0 Å². The Labute approximate surface area is 107 Å². The molecule has 0 bridgehead atoms. The van der Waals surface area contributed by atoms with E-state index in [0.717, 1.165) is 10.1 Å². The molecule has 0 atom stereocenters. The fourth-order valence-electron chi connectivity index (χ4n) is 1.36. The third-order valence-electron chi connectivity index (χ3n) is 2.09. The van der Waals surface area contributed by atoms with Crippen LogP contribution >= 0.6 is 22.9 Å². The summed E-state index contributed by atoms with van der Waals surface area (Å²) >= 11 is 7.39. The van der Waals surface area contributed by atoms with E-state index in [9.17, 15) is 9.59 Å². The van der Waals surface area contributed by atoms with Crippen LogP contribution in [-0.2, 0) is 4.79 Å². The van der Waals surface area contributed by atoms with Crippen LogP contribution in [0.1, 0.15) is 16.6 Å². The minimum absolute atomic E-state index is 0.337. The van der Waals surface area contributed by atoms with Crippen LogP contribution in [0.15, 0.2) is 24.3 Å². The molecule has 0 aliphatic rings. The molecule has 0 aliphatic heterocycles. The maximum atomic E-state index is 11.7. The molecule has 4 nitrogen and oxygen atoms in total. The molecule has 2 amide bonds. The monoisotopic (exact) mass is 268 g/mol. The van der Waals surface area contributed by atoms with Crippen molar-refractivity contribution in [3.8, 4) is 0 Å². The number of rotatable bonds is 1. The number of hydrogen-bond donors (Lipinski definition) is 2. The van der Waals surface area contributed by atoms with Gasteiger partial charge in [-0.15, -0.1) is 11.3 Å².